The van der Waals surface area contributed by atoms with Crippen LogP contribution in [0.3, 0.4) is 0 Å². The van der Waals surface area contributed by atoms with Gasteiger partial charge in [0.25, 0.3) is 5.52 Å². The second-order valence-electron chi connectivity index (χ2n) is 5.29. The molecule has 116 valence electrons. The van der Waals surface area contributed by atoms with Crippen LogP contribution in [-0.2, 0) is 9.09 Å². The SMILES string of the molecule is CCOP(=O)(C(=O)c1ccc(C)c(C)c1C)c1ccccc1. The third kappa shape index (κ3) is 2.92. The van der Waals surface area contributed by atoms with E-state index in [0.29, 0.717) is 10.9 Å². The molecule has 0 bridgehead atoms. The fraction of sp³-hybridized carbons (Fsp3) is 0.278. The van der Waals surface area contributed by atoms with Gasteiger partial charge < -0.3 is 4.52 Å². The molecule has 0 N–H and O–H groups in total. The van der Waals surface area contributed by atoms with Crippen LogP contribution < -0.4 is 5.30 Å². The molecular weight excluding hydrogens is 295 g/mol. The van der Waals surface area contributed by atoms with Crippen molar-refractivity contribution in [1.82, 2.24) is 0 Å². The number of carbonyl (C=O) groups excluding carboxylic acids is 1. The van der Waals surface area contributed by atoms with Crippen LogP contribution in [-0.4, -0.2) is 12.1 Å². The molecule has 0 fully saturated rings. The van der Waals surface area contributed by atoms with Crippen LogP contribution in [0, 0.1) is 20.8 Å². The van der Waals surface area contributed by atoms with Gasteiger partial charge in [-0.25, -0.2) is 0 Å². The van der Waals surface area contributed by atoms with E-state index in [4.69, 9.17) is 4.52 Å². The lowest BCUT2D eigenvalue weighted by molar-refractivity contribution is 0.105. The van der Waals surface area contributed by atoms with E-state index in [1.807, 2.05) is 32.9 Å². The molecule has 0 aromatic heterocycles. The van der Waals surface area contributed by atoms with Crippen molar-refractivity contribution in [1.29, 1.82) is 0 Å². The Morgan fingerprint density at radius 3 is 2.23 bits per heavy atom. The molecule has 0 saturated heterocycles. The third-order valence-electron chi connectivity index (χ3n) is 3.96. The predicted molar refractivity (Wildman–Crippen MR) is 90.3 cm³/mol. The fourth-order valence-electron chi connectivity index (χ4n) is 2.40. The summed E-state index contributed by atoms with van der Waals surface area (Å²) in [5, 5.41) is 0.444. The first-order valence-corrected chi connectivity index (χ1v) is 8.96. The van der Waals surface area contributed by atoms with E-state index in [1.165, 1.54) is 0 Å². The van der Waals surface area contributed by atoms with Crippen LogP contribution in [0.15, 0.2) is 42.5 Å². The molecule has 0 heterocycles. The van der Waals surface area contributed by atoms with Gasteiger partial charge in [-0.1, -0.05) is 30.3 Å². The maximum atomic E-state index is 13.3. The van der Waals surface area contributed by atoms with Gasteiger partial charge in [0.2, 0.25) is 0 Å². The molecule has 1 unspecified atom stereocenters. The molecule has 0 saturated carbocycles. The average Bonchev–Trinajstić information content (AvgIpc) is 2.53. The van der Waals surface area contributed by atoms with Crippen molar-refractivity contribution in [2.75, 3.05) is 6.61 Å². The highest BCUT2D eigenvalue weighted by atomic mass is 31.2. The topological polar surface area (TPSA) is 43.4 Å². The second kappa shape index (κ2) is 6.60. The lowest BCUT2D eigenvalue weighted by Crippen LogP contribution is -2.17. The normalized spacial score (nSPS) is 13.6. The number of hydrogen-bond acceptors (Lipinski definition) is 3. The summed E-state index contributed by atoms with van der Waals surface area (Å²) >= 11 is 0. The standard InChI is InChI=1S/C18H21O3P/c1-5-21-22(20,16-9-7-6-8-10-16)18(19)17-12-11-13(2)14(3)15(17)4/h6-12H,5H2,1-4H3. The zero-order valence-corrected chi connectivity index (χ0v) is 14.3. The van der Waals surface area contributed by atoms with Crippen LogP contribution in [0.25, 0.3) is 0 Å². The third-order valence-corrected chi connectivity index (χ3v) is 6.34. The predicted octanol–water partition coefficient (Wildman–Crippen LogP) is 4.39. The second-order valence-corrected chi connectivity index (χ2v) is 7.57. The molecule has 4 heteroatoms. The minimum atomic E-state index is -3.59. The van der Waals surface area contributed by atoms with E-state index in [2.05, 4.69) is 0 Å². The van der Waals surface area contributed by atoms with E-state index in [0.717, 1.165) is 16.7 Å². The maximum absolute atomic E-state index is 13.3. The molecule has 0 aliphatic carbocycles. The molecule has 2 aromatic rings. The van der Waals surface area contributed by atoms with Gasteiger partial charge in [-0.3, -0.25) is 9.36 Å². The summed E-state index contributed by atoms with van der Waals surface area (Å²) in [5.41, 5.74) is 3.06. The summed E-state index contributed by atoms with van der Waals surface area (Å²) in [6.45, 7) is 7.82. The van der Waals surface area contributed by atoms with E-state index in [-0.39, 0.29) is 6.61 Å². The van der Waals surface area contributed by atoms with Gasteiger partial charge in [0.1, 0.15) is 0 Å². The number of benzene rings is 2. The summed E-state index contributed by atoms with van der Waals surface area (Å²) < 4.78 is 18.8. The highest BCUT2D eigenvalue weighted by molar-refractivity contribution is 7.83. The molecule has 2 aromatic carbocycles. The van der Waals surface area contributed by atoms with Crippen LogP contribution in [0.4, 0.5) is 0 Å². The molecule has 22 heavy (non-hydrogen) atoms. The van der Waals surface area contributed by atoms with Gasteiger partial charge in [-0.15, -0.1) is 0 Å². The first kappa shape index (κ1) is 16.7. The monoisotopic (exact) mass is 316 g/mol. The van der Waals surface area contributed by atoms with E-state index in [1.54, 1.807) is 37.3 Å². The van der Waals surface area contributed by atoms with Crippen LogP contribution in [0.5, 0.6) is 0 Å². The Kier molecular flexibility index (Phi) is 5.00. The van der Waals surface area contributed by atoms with E-state index in [9.17, 15) is 9.36 Å². The van der Waals surface area contributed by atoms with Crippen molar-refractivity contribution in [2.45, 2.75) is 27.7 Å². The number of rotatable bonds is 5. The number of aryl methyl sites for hydroxylation is 1. The first-order valence-electron chi connectivity index (χ1n) is 7.33. The average molecular weight is 316 g/mol. The van der Waals surface area contributed by atoms with Crippen LogP contribution in [0.2, 0.25) is 0 Å². The molecule has 2 rings (SSSR count). The van der Waals surface area contributed by atoms with Gasteiger partial charge >= 0.3 is 7.37 Å². The Morgan fingerprint density at radius 1 is 1.00 bits per heavy atom. The van der Waals surface area contributed by atoms with Crippen molar-refractivity contribution in [3.05, 3.63) is 64.7 Å². The van der Waals surface area contributed by atoms with Crippen LogP contribution in [0.1, 0.15) is 34.0 Å². The molecule has 0 amide bonds. The maximum Gasteiger partial charge on any atom is 0.300 e. The Labute approximate surface area is 131 Å². The largest absolute Gasteiger partial charge is 0.320 e. The molecule has 3 nitrogen and oxygen atoms in total. The van der Waals surface area contributed by atoms with Crippen molar-refractivity contribution in [3.8, 4) is 0 Å². The minimum absolute atomic E-state index is 0.224. The molecule has 0 spiro atoms. The Hall–Kier alpha value is -1.70. The lowest BCUT2D eigenvalue weighted by Gasteiger charge is -2.19. The van der Waals surface area contributed by atoms with Gasteiger partial charge in [0.05, 0.1) is 6.61 Å². The van der Waals surface area contributed by atoms with Gasteiger partial charge in [-0.05, 0) is 56.5 Å². The summed E-state index contributed by atoms with van der Waals surface area (Å²) in [6, 6.07) is 12.4. The lowest BCUT2D eigenvalue weighted by atomic mass is 10.00. The van der Waals surface area contributed by atoms with Gasteiger partial charge in [-0.2, -0.15) is 0 Å². The first-order chi connectivity index (χ1) is 10.4. The highest BCUT2D eigenvalue weighted by Crippen LogP contribution is 2.49. The zero-order chi connectivity index (χ0) is 16.3. The van der Waals surface area contributed by atoms with Gasteiger partial charge in [0, 0.05) is 10.9 Å². The van der Waals surface area contributed by atoms with Crippen molar-refractivity contribution in [3.63, 3.8) is 0 Å². The summed E-state index contributed by atoms with van der Waals surface area (Å²) in [6.07, 6.45) is 0. The van der Waals surface area contributed by atoms with Crippen LogP contribution >= 0.6 is 7.37 Å². The van der Waals surface area contributed by atoms with E-state index < -0.39 is 12.9 Å². The molecular formula is C18H21O3P. The quantitative estimate of drug-likeness (QED) is 0.768. The Balaban J connectivity index is 2.57. The minimum Gasteiger partial charge on any atom is -0.320 e. The number of carbonyl (C=O) groups is 1. The Morgan fingerprint density at radius 2 is 1.64 bits per heavy atom. The molecule has 0 aliphatic rings. The fourth-order valence-corrected chi connectivity index (χ4v) is 4.39. The number of hydrogen-bond donors (Lipinski definition) is 0. The smallest absolute Gasteiger partial charge is 0.300 e. The van der Waals surface area contributed by atoms with Crippen molar-refractivity contribution >= 4 is 18.2 Å². The highest BCUT2D eigenvalue weighted by Gasteiger charge is 2.36. The Bertz CT molecular complexity index is 735. The van der Waals surface area contributed by atoms with Crippen molar-refractivity contribution in [2.24, 2.45) is 0 Å². The molecule has 0 aliphatic heterocycles. The zero-order valence-electron chi connectivity index (χ0n) is 13.4. The van der Waals surface area contributed by atoms with Crippen molar-refractivity contribution < 1.29 is 13.9 Å². The summed E-state index contributed by atoms with van der Waals surface area (Å²) in [7, 11) is -3.59. The molecule has 1 atom stereocenters. The van der Waals surface area contributed by atoms with Gasteiger partial charge in [0.15, 0.2) is 0 Å². The van der Waals surface area contributed by atoms with E-state index >= 15 is 0 Å². The summed E-state index contributed by atoms with van der Waals surface area (Å²) in [5.74, 6) is 0. The summed E-state index contributed by atoms with van der Waals surface area (Å²) in [4.78, 5) is 13.0. The molecule has 0 radical (unpaired) electrons.